The molecular formula is C14H13BO2. The van der Waals surface area contributed by atoms with Crippen LogP contribution in [-0.4, -0.2) is 21.2 Å². The molecule has 0 aliphatic carbocycles. The first-order chi connectivity index (χ1) is 8.24. The van der Waals surface area contributed by atoms with Crippen molar-refractivity contribution in [2.45, 2.75) is 0 Å². The van der Waals surface area contributed by atoms with Crippen molar-refractivity contribution in [2.24, 2.45) is 0 Å². The SMILES string of the molecule is Bc1ccc(-c2ccc(OC)cc2C=O)cc1. The predicted octanol–water partition coefficient (Wildman–Crippen LogP) is 1.43. The lowest BCUT2D eigenvalue weighted by molar-refractivity contribution is 0.112. The van der Waals surface area contributed by atoms with Crippen molar-refractivity contribution in [1.29, 1.82) is 0 Å². The van der Waals surface area contributed by atoms with Crippen LogP contribution in [0.4, 0.5) is 0 Å². The van der Waals surface area contributed by atoms with Gasteiger partial charge in [-0.25, -0.2) is 0 Å². The highest BCUT2D eigenvalue weighted by molar-refractivity contribution is 6.32. The van der Waals surface area contributed by atoms with Gasteiger partial charge >= 0.3 is 0 Å². The molecule has 0 N–H and O–H groups in total. The molecule has 17 heavy (non-hydrogen) atoms. The number of ether oxygens (including phenoxy) is 1. The molecule has 0 aliphatic heterocycles. The number of methoxy groups -OCH3 is 1. The Balaban J connectivity index is 2.51. The summed E-state index contributed by atoms with van der Waals surface area (Å²) in [6, 6.07) is 13.6. The Morgan fingerprint density at radius 1 is 1.12 bits per heavy atom. The number of benzene rings is 2. The minimum absolute atomic E-state index is 0.646. The van der Waals surface area contributed by atoms with Crippen LogP contribution in [0.3, 0.4) is 0 Å². The summed E-state index contributed by atoms with van der Waals surface area (Å²) in [5.41, 5.74) is 3.82. The van der Waals surface area contributed by atoms with Gasteiger partial charge in [0.1, 0.15) is 13.6 Å². The second kappa shape index (κ2) is 4.87. The smallest absolute Gasteiger partial charge is 0.150 e. The van der Waals surface area contributed by atoms with Crippen molar-refractivity contribution >= 4 is 19.6 Å². The second-order valence-corrected chi connectivity index (χ2v) is 3.94. The maximum Gasteiger partial charge on any atom is 0.150 e. The third-order valence-corrected chi connectivity index (χ3v) is 2.75. The van der Waals surface area contributed by atoms with Crippen LogP contribution in [0.1, 0.15) is 10.4 Å². The van der Waals surface area contributed by atoms with E-state index in [2.05, 4.69) is 0 Å². The Labute approximate surface area is 102 Å². The van der Waals surface area contributed by atoms with Crippen molar-refractivity contribution in [3.63, 3.8) is 0 Å². The van der Waals surface area contributed by atoms with Crippen molar-refractivity contribution in [2.75, 3.05) is 7.11 Å². The molecular weight excluding hydrogens is 211 g/mol. The first-order valence-corrected chi connectivity index (χ1v) is 5.45. The lowest BCUT2D eigenvalue weighted by Gasteiger charge is -2.07. The monoisotopic (exact) mass is 224 g/mol. The summed E-state index contributed by atoms with van der Waals surface area (Å²) in [6.45, 7) is 0. The van der Waals surface area contributed by atoms with Gasteiger partial charge in [-0.15, -0.1) is 0 Å². The van der Waals surface area contributed by atoms with Gasteiger partial charge in [0.25, 0.3) is 0 Å². The fourth-order valence-corrected chi connectivity index (χ4v) is 1.76. The van der Waals surface area contributed by atoms with E-state index < -0.39 is 0 Å². The van der Waals surface area contributed by atoms with Crippen LogP contribution < -0.4 is 10.2 Å². The lowest BCUT2D eigenvalue weighted by atomic mass is 9.92. The van der Waals surface area contributed by atoms with Crippen LogP contribution in [0, 0.1) is 0 Å². The van der Waals surface area contributed by atoms with E-state index in [1.54, 1.807) is 13.2 Å². The van der Waals surface area contributed by atoms with Gasteiger partial charge in [0.05, 0.1) is 7.11 Å². The van der Waals surface area contributed by atoms with Crippen LogP contribution in [-0.2, 0) is 0 Å². The van der Waals surface area contributed by atoms with Crippen LogP contribution >= 0.6 is 0 Å². The van der Waals surface area contributed by atoms with Crippen LogP contribution in [0.15, 0.2) is 42.5 Å². The number of rotatable bonds is 3. The zero-order valence-corrected chi connectivity index (χ0v) is 9.94. The van der Waals surface area contributed by atoms with Gasteiger partial charge in [0.15, 0.2) is 6.29 Å². The highest BCUT2D eigenvalue weighted by Gasteiger charge is 2.05. The fraction of sp³-hybridized carbons (Fsp3) is 0.0714. The summed E-state index contributed by atoms with van der Waals surface area (Å²) in [4.78, 5) is 11.1. The van der Waals surface area contributed by atoms with E-state index >= 15 is 0 Å². The predicted molar refractivity (Wildman–Crippen MR) is 72.0 cm³/mol. The zero-order valence-electron chi connectivity index (χ0n) is 9.94. The minimum Gasteiger partial charge on any atom is -0.497 e. The molecule has 0 amide bonds. The molecule has 3 heteroatoms. The largest absolute Gasteiger partial charge is 0.497 e. The highest BCUT2D eigenvalue weighted by Crippen LogP contribution is 2.25. The molecule has 2 aromatic rings. The molecule has 2 aromatic carbocycles. The Morgan fingerprint density at radius 3 is 2.41 bits per heavy atom. The van der Waals surface area contributed by atoms with Crippen LogP contribution in [0.2, 0.25) is 0 Å². The standard InChI is InChI=1S/C14H13BO2/c1-17-13-6-7-14(11(8-13)9-16)10-2-4-12(15)5-3-10/h2-9H,15H2,1H3. The molecule has 0 aromatic heterocycles. The van der Waals surface area contributed by atoms with Crippen molar-refractivity contribution in [3.8, 4) is 16.9 Å². The normalized spacial score (nSPS) is 9.94. The summed E-state index contributed by atoms with van der Waals surface area (Å²) < 4.78 is 5.11. The van der Waals surface area contributed by atoms with E-state index in [0.29, 0.717) is 11.3 Å². The summed E-state index contributed by atoms with van der Waals surface area (Å²) in [5.74, 6) is 0.697. The van der Waals surface area contributed by atoms with Gasteiger partial charge in [-0.05, 0) is 29.3 Å². The molecule has 0 saturated heterocycles. The molecule has 0 atom stereocenters. The number of carbonyl (C=O) groups excluding carboxylic acids is 1. The lowest BCUT2D eigenvalue weighted by Crippen LogP contribution is -1.99. The third-order valence-electron chi connectivity index (χ3n) is 2.75. The first-order valence-electron chi connectivity index (χ1n) is 5.45. The van der Waals surface area contributed by atoms with E-state index in [1.807, 2.05) is 44.2 Å². The van der Waals surface area contributed by atoms with Gasteiger partial charge in [-0.1, -0.05) is 29.7 Å². The topological polar surface area (TPSA) is 26.3 Å². The molecule has 0 aliphatic rings. The summed E-state index contributed by atoms with van der Waals surface area (Å²) in [7, 11) is 3.63. The van der Waals surface area contributed by atoms with Crippen LogP contribution in [0.25, 0.3) is 11.1 Å². The molecule has 0 unspecified atom stereocenters. The molecule has 0 saturated carbocycles. The minimum atomic E-state index is 0.646. The van der Waals surface area contributed by atoms with Crippen molar-refractivity contribution in [3.05, 3.63) is 48.0 Å². The average molecular weight is 224 g/mol. The van der Waals surface area contributed by atoms with Gasteiger partial charge in [0, 0.05) is 5.56 Å². The molecule has 0 bridgehead atoms. The number of hydrogen-bond donors (Lipinski definition) is 0. The van der Waals surface area contributed by atoms with Crippen molar-refractivity contribution < 1.29 is 9.53 Å². The van der Waals surface area contributed by atoms with E-state index in [-0.39, 0.29) is 0 Å². The van der Waals surface area contributed by atoms with Crippen molar-refractivity contribution in [1.82, 2.24) is 0 Å². The molecule has 2 rings (SSSR count). The fourth-order valence-electron chi connectivity index (χ4n) is 1.76. The Hall–Kier alpha value is -2.03. The van der Waals surface area contributed by atoms with E-state index in [9.17, 15) is 4.79 Å². The number of hydrogen-bond acceptors (Lipinski definition) is 2. The number of aldehydes is 1. The summed E-state index contributed by atoms with van der Waals surface area (Å²) in [6.07, 6.45) is 0.859. The highest BCUT2D eigenvalue weighted by atomic mass is 16.5. The maximum atomic E-state index is 11.1. The molecule has 0 heterocycles. The van der Waals surface area contributed by atoms with E-state index in [0.717, 1.165) is 17.4 Å². The van der Waals surface area contributed by atoms with E-state index in [4.69, 9.17) is 4.74 Å². The maximum absolute atomic E-state index is 11.1. The van der Waals surface area contributed by atoms with Gasteiger partial charge in [-0.2, -0.15) is 0 Å². The van der Waals surface area contributed by atoms with Crippen LogP contribution in [0.5, 0.6) is 5.75 Å². The van der Waals surface area contributed by atoms with Gasteiger partial charge in [0.2, 0.25) is 0 Å². The Bertz CT molecular complexity index is 532. The molecule has 0 fully saturated rings. The Kier molecular flexibility index (Phi) is 3.28. The number of carbonyl (C=O) groups is 1. The molecule has 0 spiro atoms. The third kappa shape index (κ3) is 2.39. The first kappa shape index (κ1) is 11.5. The van der Waals surface area contributed by atoms with Gasteiger partial charge in [-0.3, -0.25) is 4.79 Å². The zero-order chi connectivity index (χ0) is 12.3. The average Bonchev–Trinajstić information content (AvgIpc) is 2.39. The molecule has 2 nitrogen and oxygen atoms in total. The summed E-state index contributed by atoms with van der Waals surface area (Å²) in [5, 5.41) is 0. The Morgan fingerprint density at radius 2 is 1.82 bits per heavy atom. The van der Waals surface area contributed by atoms with E-state index in [1.165, 1.54) is 5.46 Å². The molecule has 84 valence electrons. The molecule has 0 radical (unpaired) electrons. The van der Waals surface area contributed by atoms with Gasteiger partial charge < -0.3 is 4.74 Å². The summed E-state index contributed by atoms with van der Waals surface area (Å²) >= 11 is 0. The quantitative estimate of drug-likeness (QED) is 0.582. The second-order valence-electron chi connectivity index (χ2n) is 3.94.